The smallest absolute Gasteiger partial charge is 0.109 e. The molecule has 0 radical (unpaired) electrons. The van der Waals surface area contributed by atoms with Crippen molar-refractivity contribution in [3.63, 3.8) is 0 Å². The number of terminal acetylenes is 1. The average Bonchev–Trinajstić information content (AvgIpc) is 1.81. The van der Waals surface area contributed by atoms with Crippen LogP contribution in [0.1, 0.15) is 6.92 Å². The lowest BCUT2D eigenvalue weighted by molar-refractivity contribution is 0.205. The molecule has 0 amide bonds. The molecule has 0 unspecified atom stereocenters. The highest BCUT2D eigenvalue weighted by atomic mass is 16.5. The van der Waals surface area contributed by atoms with Crippen molar-refractivity contribution in [2.45, 2.75) is 6.92 Å². The van der Waals surface area contributed by atoms with Gasteiger partial charge in [-0.25, -0.2) is 0 Å². The van der Waals surface area contributed by atoms with Gasteiger partial charge in [-0.15, -0.1) is 12.3 Å². The maximum atomic E-state index is 4.89. The second-order valence-electron chi connectivity index (χ2n) is 1.12. The summed E-state index contributed by atoms with van der Waals surface area (Å²) in [7, 11) is 0. The Hall–Kier alpha value is -0.920. The maximum absolute atomic E-state index is 4.89. The first-order valence-corrected chi connectivity index (χ1v) is 2.32. The van der Waals surface area contributed by atoms with Crippen molar-refractivity contribution in [2.24, 2.45) is 0 Å². The third-order valence-corrected chi connectivity index (χ3v) is 0.536. The van der Waals surface area contributed by atoms with Crippen LogP contribution in [0.3, 0.4) is 0 Å². The van der Waals surface area contributed by atoms with Crippen molar-refractivity contribution in [3.05, 3.63) is 0 Å². The summed E-state index contributed by atoms with van der Waals surface area (Å²) >= 11 is 0. The molecule has 0 fully saturated rings. The van der Waals surface area contributed by atoms with E-state index in [0.717, 1.165) is 0 Å². The highest BCUT2D eigenvalue weighted by Crippen LogP contribution is 1.67. The van der Waals surface area contributed by atoms with Gasteiger partial charge in [0.05, 0.1) is 0 Å². The second-order valence-corrected chi connectivity index (χ2v) is 1.12. The van der Waals surface area contributed by atoms with E-state index in [-0.39, 0.29) is 0 Å². The van der Waals surface area contributed by atoms with Gasteiger partial charge in [0.15, 0.2) is 0 Å². The summed E-state index contributed by atoms with van der Waals surface area (Å²) < 4.78 is 4.81. The normalized spacial score (nSPS) is 6.50. The second kappa shape index (κ2) is 6.08. The Morgan fingerprint density at radius 3 is 2.75 bits per heavy atom. The van der Waals surface area contributed by atoms with Crippen LogP contribution in [-0.4, -0.2) is 13.2 Å². The minimum Gasteiger partial charge on any atom is -0.356 e. The SMILES string of the molecule is C#CCOCC#CC. The largest absolute Gasteiger partial charge is 0.356 e. The lowest BCUT2D eigenvalue weighted by atomic mass is 10.6. The van der Waals surface area contributed by atoms with Crippen LogP contribution in [0.5, 0.6) is 0 Å². The molecular formula is C7H8O. The van der Waals surface area contributed by atoms with Gasteiger partial charge in [0.25, 0.3) is 0 Å². The van der Waals surface area contributed by atoms with Crippen LogP contribution in [0.2, 0.25) is 0 Å². The molecule has 0 aliphatic rings. The summed E-state index contributed by atoms with van der Waals surface area (Å²) in [6.07, 6.45) is 4.89. The third-order valence-electron chi connectivity index (χ3n) is 0.536. The number of hydrogen-bond donors (Lipinski definition) is 0. The molecule has 0 aromatic carbocycles. The van der Waals surface area contributed by atoms with Gasteiger partial charge in [0.1, 0.15) is 13.2 Å². The third kappa shape index (κ3) is 5.08. The highest BCUT2D eigenvalue weighted by molar-refractivity contribution is 4.95. The Morgan fingerprint density at radius 1 is 1.50 bits per heavy atom. The molecule has 0 saturated carbocycles. The molecule has 0 N–H and O–H groups in total. The van der Waals surface area contributed by atoms with E-state index >= 15 is 0 Å². The summed E-state index contributed by atoms with van der Waals surface area (Å²) in [6.45, 7) is 2.56. The van der Waals surface area contributed by atoms with Crippen LogP contribution in [-0.2, 0) is 4.74 Å². The molecule has 42 valence electrons. The zero-order valence-corrected chi connectivity index (χ0v) is 4.90. The summed E-state index contributed by atoms with van der Waals surface area (Å²) in [6, 6.07) is 0. The Balaban J connectivity index is 2.93. The molecular weight excluding hydrogens is 100 g/mol. The van der Waals surface area contributed by atoms with Gasteiger partial charge in [-0.1, -0.05) is 11.8 Å². The van der Waals surface area contributed by atoms with E-state index in [0.29, 0.717) is 13.2 Å². The van der Waals surface area contributed by atoms with E-state index < -0.39 is 0 Å². The molecule has 0 spiro atoms. The van der Waals surface area contributed by atoms with E-state index in [1.54, 1.807) is 6.92 Å². The van der Waals surface area contributed by atoms with Gasteiger partial charge >= 0.3 is 0 Å². The minimum absolute atomic E-state index is 0.356. The van der Waals surface area contributed by atoms with Crippen LogP contribution in [0.25, 0.3) is 0 Å². The molecule has 0 aromatic heterocycles. The standard InChI is InChI=1S/C7H8O/c1-3-5-7-8-6-4-2/h2H,6-7H2,1H3. The summed E-state index contributed by atoms with van der Waals surface area (Å²) in [5.74, 6) is 7.73. The Bertz CT molecular complexity index is 131. The fraction of sp³-hybridized carbons (Fsp3) is 0.429. The van der Waals surface area contributed by atoms with Crippen LogP contribution in [0.4, 0.5) is 0 Å². The van der Waals surface area contributed by atoms with Gasteiger partial charge in [-0.2, -0.15) is 0 Å². The van der Waals surface area contributed by atoms with Gasteiger partial charge in [0.2, 0.25) is 0 Å². The summed E-state index contributed by atoms with van der Waals surface area (Å²) in [4.78, 5) is 0. The molecule has 1 heteroatoms. The molecule has 0 atom stereocenters. The Kier molecular flexibility index (Phi) is 5.38. The Labute approximate surface area is 50.0 Å². The van der Waals surface area contributed by atoms with E-state index in [9.17, 15) is 0 Å². The van der Waals surface area contributed by atoms with Crippen molar-refractivity contribution < 1.29 is 4.74 Å². The lowest BCUT2D eigenvalue weighted by Gasteiger charge is -1.86. The first kappa shape index (κ1) is 7.08. The number of rotatable bonds is 2. The lowest BCUT2D eigenvalue weighted by Crippen LogP contribution is -1.89. The molecule has 0 heterocycles. The molecule has 1 nitrogen and oxygen atoms in total. The van der Waals surface area contributed by atoms with Gasteiger partial charge in [0, 0.05) is 0 Å². The zero-order chi connectivity index (χ0) is 6.24. The van der Waals surface area contributed by atoms with Crippen LogP contribution in [0, 0.1) is 24.2 Å². The predicted molar refractivity (Wildman–Crippen MR) is 33.1 cm³/mol. The van der Waals surface area contributed by atoms with Crippen molar-refractivity contribution in [1.29, 1.82) is 0 Å². The molecule has 0 aliphatic heterocycles. The molecule has 0 bridgehead atoms. The van der Waals surface area contributed by atoms with E-state index in [1.807, 2.05) is 0 Å². The van der Waals surface area contributed by atoms with Crippen molar-refractivity contribution in [1.82, 2.24) is 0 Å². The average molecular weight is 108 g/mol. The summed E-state index contributed by atoms with van der Waals surface area (Å²) in [5, 5.41) is 0. The van der Waals surface area contributed by atoms with Crippen LogP contribution in [0.15, 0.2) is 0 Å². The fourth-order valence-corrected chi connectivity index (χ4v) is 0.233. The molecule has 0 saturated heterocycles. The quantitative estimate of drug-likeness (QED) is 0.373. The van der Waals surface area contributed by atoms with Crippen LogP contribution >= 0.6 is 0 Å². The molecule has 8 heavy (non-hydrogen) atoms. The Morgan fingerprint density at radius 2 is 2.25 bits per heavy atom. The first-order valence-electron chi connectivity index (χ1n) is 2.32. The topological polar surface area (TPSA) is 9.23 Å². The summed E-state index contributed by atoms with van der Waals surface area (Å²) in [5.41, 5.74) is 0. The fourth-order valence-electron chi connectivity index (χ4n) is 0.233. The van der Waals surface area contributed by atoms with E-state index in [2.05, 4.69) is 17.8 Å². The van der Waals surface area contributed by atoms with Gasteiger partial charge in [-0.05, 0) is 6.92 Å². The van der Waals surface area contributed by atoms with E-state index in [4.69, 9.17) is 11.2 Å². The van der Waals surface area contributed by atoms with E-state index in [1.165, 1.54) is 0 Å². The predicted octanol–water partition coefficient (Wildman–Crippen LogP) is 0.659. The molecule has 0 aliphatic carbocycles. The van der Waals surface area contributed by atoms with Crippen LogP contribution < -0.4 is 0 Å². The number of ether oxygens (including phenoxy) is 1. The minimum atomic E-state index is 0.356. The van der Waals surface area contributed by atoms with Crippen molar-refractivity contribution >= 4 is 0 Å². The maximum Gasteiger partial charge on any atom is 0.109 e. The zero-order valence-electron chi connectivity index (χ0n) is 4.90. The van der Waals surface area contributed by atoms with Crippen molar-refractivity contribution in [3.8, 4) is 24.2 Å². The first-order chi connectivity index (χ1) is 3.91. The van der Waals surface area contributed by atoms with Gasteiger partial charge < -0.3 is 4.74 Å². The highest BCUT2D eigenvalue weighted by Gasteiger charge is 1.72. The monoisotopic (exact) mass is 108 g/mol. The number of hydrogen-bond acceptors (Lipinski definition) is 1. The van der Waals surface area contributed by atoms with Gasteiger partial charge in [-0.3, -0.25) is 0 Å². The van der Waals surface area contributed by atoms with Crippen molar-refractivity contribution in [2.75, 3.05) is 13.2 Å². The molecule has 0 rings (SSSR count). The molecule has 0 aromatic rings.